The number of hydrogen-bond donors (Lipinski definition) is 2. The van der Waals surface area contributed by atoms with Gasteiger partial charge in [0.25, 0.3) is 0 Å². The highest BCUT2D eigenvalue weighted by molar-refractivity contribution is 7.17. The lowest BCUT2D eigenvalue weighted by atomic mass is 9.93. The topological polar surface area (TPSA) is 81.8 Å². The Morgan fingerprint density at radius 1 is 0.816 bits per heavy atom. The second-order valence-corrected chi connectivity index (χ2v) is 8.97. The Morgan fingerprint density at radius 2 is 1.42 bits per heavy atom. The quantitative estimate of drug-likeness (QED) is 0.168. The van der Waals surface area contributed by atoms with Crippen molar-refractivity contribution in [2.45, 2.75) is 49.8 Å². The minimum Gasteiger partial charge on any atom is -0.493 e. The molecule has 38 heavy (non-hydrogen) atoms. The molecule has 0 bridgehead atoms. The summed E-state index contributed by atoms with van der Waals surface area (Å²) < 4.78 is 139. The molecule has 0 radical (unpaired) electrons. The van der Waals surface area contributed by atoms with Crippen LogP contribution in [-0.4, -0.2) is 30.5 Å². The summed E-state index contributed by atoms with van der Waals surface area (Å²) in [7, 11) is -0.675. The SMILES string of the molecule is NC(CO)(CCc1ccc(OCCCc2cc(C(F)(F)F)cc(C(F)(F)F)c2)c(C(F)(F)F)c1)COP=O. The van der Waals surface area contributed by atoms with Gasteiger partial charge in [-0.2, -0.15) is 39.5 Å². The van der Waals surface area contributed by atoms with Crippen LogP contribution in [0.5, 0.6) is 5.75 Å². The first-order chi connectivity index (χ1) is 17.5. The lowest BCUT2D eigenvalue weighted by molar-refractivity contribution is -0.143. The maximum atomic E-state index is 13.6. The van der Waals surface area contributed by atoms with Crippen molar-refractivity contribution in [3.05, 3.63) is 64.2 Å². The van der Waals surface area contributed by atoms with Crippen molar-refractivity contribution in [1.82, 2.24) is 0 Å². The van der Waals surface area contributed by atoms with Crippen LogP contribution < -0.4 is 10.5 Å². The summed E-state index contributed by atoms with van der Waals surface area (Å²) in [5, 5.41) is 9.41. The number of aryl methyl sites for hydroxylation is 2. The Labute approximate surface area is 213 Å². The summed E-state index contributed by atoms with van der Waals surface area (Å²) in [6.45, 7) is -1.30. The molecule has 0 fully saturated rings. The molecular weight excluding hydrogens is 556 g/mol. The fraction of sp³-hybridized carbons (Fsp3) is 0.478. The number of alkyl halides is 9. The minimum atomic E-state index is -5.01. The Kier molecular flexibility index (Phi) is 10.6. The van der Waals surface area contributed by atoms with E-state index in [0.29, 0.717) is 12.1 Å². The van der Waals surface area contributed by atoms with E-state index in [4.69, 9.17) is 10.5 Å². The van der Waals surface area contributed by atoms with Gasteiger partial charge in [0.15, 0.2) is 0 Å². The molecule has 0 aliphatic carbocycles. The number of ether oxygens (including phenoxy) is 1. The van der Waals surface area contributed by atoms with Crippen LogP contribution in [0.3, 0.4) is 0 Å². The zero-order chi connectivity index (χ0) is 28.8. The summed E-state index contributed by atoms with van der Waals surface area (Å²) in [6, 6.07) is 4.25. The van der Waals surface area contributed by atoms with E-state index in [1.165, 1.54) is 6.07 Å². The van der Waals surface area contributed by atoms with Crippen LogP contribution in [-0.2, 0) is 40.5 Å². The summed E-state index contributed by atoms with van der Waals surface area (Å²) in [6.07, 6.45) is -15.3. The first kappa shape index (κ1) is 31.8. The highest BCUT2D eigenvalue weighted by atomic mass is 31.1. The fourth-order valence-electron chi connectivity index (χ4n) is 3.45. The first-order valence-electron chi connectivity index (χ1n) is 10.9. The number of rotatable bonds is 12. The molecule has 0 aliphatic rings. The molecular formula is C23H23F9NO4P. The average Bonchev–Trinajstić information content (AvgIpc) is 2.82. The highest BCUT2D eigenvalue weighted by Crippen LogP contribution is 2.38. The van der Waals surface area contributed by atoms with Gasteiger partial charge in [-0.3, -0.25) is 4.52 Å². The molecule has 0 saturated heterocycles. The maximum Gasteiger partial charge on any atom is 0.419 e. The summed E-state index contributed by atoms with van der Waals surface area (Å²) >= 11 is 0. The fourth-order valence-corrected chi connectivity index (χ4v) is 3.76. The molecule has 212 valence electrons. The van der Waals surface area contributed by atoms with Gasteiger partial charge in [-0.15, -0.1) is 0 Å². The van der Waals surface area contributed by atoms with Crippen molar-refractivity contribution in [1.29, 1.82) is 0 Å². The molecule has 1 atom stereocenters. The van der Waals surface area contributed by atoms with Crippen LogP contribution in [0.15, 0.2) is 36.4 Å². The maximum absolute atomic E-state index is 13.6. The highest BCUT2D eigenvalue weighted by Gasteiger charge is 2.37. The number of hydrogen-bond acceptors (Lipinski definition) is 5. The first-order valence-corrected chi connectivity index (χ1v) is 11.7. The van der Waals surface area contributed by atoms with Gasteiger partial charge in [-0.05, 0) is 67.1 Å². The molecule has 0 heterocycles. The van der Waals surface area contributed by atoms with Crippen molar-refractivity contribution in [3.63, 3.8) is 0 Å². The summed E-state index contributed by atoms with van der Waals surface area (Å²) in [5.74, 6) is -0.573. The van der Waals surface area contributed by atoms with Crippen LogP contribution in [0, 0.1) is 0 Å². The summed E-state index contributed by atoms with van der Waals surface area (Å²) in [4.78, 5) is 0. The minimum absolute atomic E-state index is 0.00336. The van der Waals surface area contributed by atoms with E-state index in [1.807, 2.05) is 0 Å². The van der Waals surface area contributed by atoms with Crippen molar-refractivity contribution in [2.75, 3.05) is 19.8 Å². The molecule has 2 aromatic rings. The van der Waals surface area contributed by atoms with Crippen molar-refractivity contribution < 1.29 is 58.4 Å². The average molecular weight is 579 g/mol. The van der Waals surface area contributed by atoms with E-state index in [1.54, 1.807) is 0 Å². The van der Waals surface area contributed by atoms with Gasteiger partial charge >= 0.3 is 27.2 Å². The van der Waals surface area contributed by atoms with E-state index >= 15 is 0 Å². The van der Waals surface area contributed by atoms with Crippen LogP contribution in [0.2, 0.25) is 0 Å². The predicted molar refractivity (Wildman–Crippen MR) is 118 cm³/mol. The third-order valence-corrected chi connectivity index (χ3v) is 5.73. The molecule has 2 rings (SSSR count). The molecule has 0 amide bonds. The second kappa shape index (κ2) is 12.6. The number of aliphatic hydroxyl groups excluding tert-OH is 1. The Balaban J connectivity index is 2.11. The van der Waals surface area contributed by atoms with Gasteiger partial charge in [0, 0.05) is 0 Å². The third kappa shape index (κ3) is 9.40. The molecule has 0 spiro atoms. The van der Waals surface area contributed by atoms with Crippen LogP contribution >= 0.6 is 8.69 Å². The van der Waals surface area contributed by atoms with Gasteiger partial charge in [0.2, 0.25) is 0 Å². The Hall–Kier alpha value is -2.41. The van der Waals surface area contributed by atoms with E-state index in [9.17, 15) is 49.2 Å². The van der Waals surface area contributed by atoms with Gasteiger partial charge in [0.1, 0.15) is 5.75 Å². The van der Waals surface area contributed by atoms with Crippen LogP contribution in [0.4, 0.5) is 39.5 Å². The number of halogens is 9. The monoisotopic (exact) mass is 579 g/mol. The van der Waals surface area contributed by atoms with E-state index in [0.717, 1.165) is 12.1 Å². The number of benzene rings is 2. The van der Waals surface area contributed by atoms with Gasteiger partial charge < -0.3 is 15.6 Å². The van der Waals surface area contributed by atoms with Crippen LogP contribution in [0.25, 0.3) is 0 Å². The molecule has 0 aromatic heterocycles. The van der Waals surface area contributed by atoms with Gasteiger partial charge in [-0.25, -0.2) is 4.57 Å². The van der Waals surface area contributed by atoms with Crippen molar-refractivity contribution >= 4 is 8.69 Å². The standard InChI is InChI=1S/C23H23F9NO4P/c24-21(25,26)16-8-15(9-17(11-16)22(27,28)29)2-1-7-36-19-4-3-14(10-18(19)23(30,31)32)5-6-20(33,12-34)13-37-38-35/h3-4,8-11,34H,1-2,5-7,12-13,33H2. The third-order valence-electron chi connectivity index (χ3n) is 5.50. The molecule has 1 unspecified atom stereocenters. The Morgan fingerprint density at radius 3 is 1.92 bits per heavy atom. The van der Waals surface area contributed by atoms with Gasteiger partial charge in [-0.1, -0.05) is 6.07 Å². The molecule has 5 nitrogen and oxygen atoms in total. The van der Waals surface area contributed by atoms with E-state index in [-0.39, 0.29) is 49.5 Å². The zero-order valence-electron chi connectivity index (χ0n) is 19.5. The predicted octanol–water partition coefficient (Wildman–Crippen LogP) is 6.60. The van der Waals surface area contributed by atoms with E-state index in [2.05, 4.69) is 4.52 Å². The number of aliphatic hydroxyl groups is 1. The smallest absolute Gasteiger partial charge is 0.419 e. The molecule has 0 aliphatic heterocycles. The molecule has 15 heteroatoms. The normalized spacial score (nSPS) is 14.5. The van der Waals surface area contributed by atoms with E-state index < -0.39 is 68.4 Å². The summed E-state index contributed by atoms with van der Waals surface area (Å²) in [5.41, 5.74) is 0.323. The molecule has 3 N–H and O–H groups in total. The molecule has 0 saturated carbocycles. The number of nitrogens with two attached hydrogens (primary N) is 1. The second-order valence-electron chi connectivity index (χ2n) is 8.56. The molecule has 2 aromatic carbocycles. The van der Waals surface area contributed by atoms with Gasteiger partial charge in [0.05, 0.1) is 42.0 Å². The van der Waals surface area contributed by atoms with Crippen molar-refractivity contribution in [2.24, 2.45) is 5.73 Å². The largest absolute Gasteiger partial charge is 0.493 e. The lowest BCUT2D eigenvalue weighted by Gasteiger charge is -2.25. The Bertz CT molecular complexity index is 1060. The van der Waals surface area contributed by atoms with Crippen LogP contribution in [0.1, 0.15) is 40.7 Å². The lowest BCUT2D eigenvalue weighted by Crippen LogP contribution is -2.47. The zero-order valence-corrected chi connectivity index (χ0v) is 20.4. The van der Waals surface area contributed by atoms with Crippen molar-refractivity contribution in [3.8, 4) is 5.75 Å².